The molecule has 0 saturated heterocycles. The monoisotopic (exact) mass is 388 g/mol. The second-order valence-corrected chi connectivity index (χ2v) is 6.73. The predicted molar refractivity (Wildman–Crippen MR) is 106 cm³/mol. The first-order chi connectivity index (χ1) is 12.5. The normalized spacial score (nSPS) is 11.4. The van der Waals surface area contributed by atoms with E-state index in [9.17, 15) is 4.79 Å². The summed E-state index contributed by atoms with van der Waals surface area (Å²) in [6.07, 6.45) is 3.07. The molecule has 2 aromatic carbocycles. The fraction of sp³-hybridized carbons (Fsp3) is 0.200. The van der Waals surface area contributed by atoms with Gasteiger partial charge in [0.1, 0.15) is 0 Å². The van der Waals surface area contributed by atoms with Crippen molar-refractivity contribution in [1.29, 1.82) is 0 Å². The Balaban J connectivity index is 2.02. The number of halogens is 2. The molecule has 0 aliphatic carbocycles. The molecule has 3 aromatic rings. The number of nitrogens with zero attached hydrogens (tertiary/aromatic N) is 2. The van der Waals surface area contributed by atoms with Crippen LogP contribution in [-0.4, -0.2) is 22.4 Å². The molecule has 6 heteroatoms. The fourth-order valence-electron chi connectivity index (χ4n) is 2.70. The van der Waals surface area contributed by atoms with Crippen LogP contribution in [0.4, 0.5) is 0 Å². The summed E-state index contributed by atoms with van der Waals surface area (Å²) in [6.45, 7) is 4.64. The zero-order chi connectivity index (χ0) is 18.7. The minimum absolute atomic E-state index is 0.340. The summed E-state index contributed by atoms with van der Waals surface area (Å²) in [5, 5.41) is 6.80. The van der Waals surface area contributed by atoms with Gasteiger partial charge in [0, 0.05) is 21.5 Å². The Hall–Kier alpha value is -2.30. The number of hydrogen-bond donors (Lipinski definition) is 0. The van der Waals surface area contributed by atoms with Crippen LogP contribution < -0.4 is 0 Å². The topological polar surface area (TPSA) is 44.1 Å². The summed E-state index contributed by atoms with van der Waals surface area (Å²) in [7, 11) is 0. The molecule has 3 rings (SSSR count). The van der Waals surface area contributed by atoms with Gasteiger partial charge in [0.25, 0.3) is 0 Å². The Morgan fingerprint density at radius 3 is 2.77 bits per heavy atom. The Labute approximate surface area is 162 Å². The molecule has 4 nitrogen and oxygen atoms in total. The maximum absolute atomic E-state index is 11.6. The lowest BCUT2D eigenvalue weighted by Crippen LogP contribution is -2.02. The van der Waals surface area contributed by atoms with Crippen LogP contribution in [0.3, 0.4) is 0 Å². The fourth-order valence-corrected chi connectivity index (χ4v) is 3.17. The maximum atomic E-state index is 11.6. The van der Waals surface area contributed by atoms with Gasteiger partial charge in [0.05, 0.1) is 24.4 Å². The summed E-state index contributed by atoms with van der Waals surface area (Å²) >= 11 is 12.3. The molecule has 0 aliphatic rings. The lowest BCUT2D eigenvalue weighted by molar-refractivity contribution is -0.137. The van der Waals surface area contributed by atoms with E-state index in [4.69, 9.17) is 27.9 Å². The minimum Gasteiger partial charge on any atom is -0.463 e. The molecule has 0 radical (unpaired) electrons. The zero-order valence-corrected chi connectivity index (χ0v) is 16.0. The number of benzene rings is 2. The molecule has 0 amide bonds. The number of aromatic nitrogens is 2. The molecule has 1 heterocycles. The zero-order valence-electron chi connectivity index (χ0n) is 14.5. The summed E-state index contributed by atoms with van der Waals surface area (Å²) in [5.74, 6) is -0.386. The average molecular weight is 389 g/mol. The van der Waals surface area contributed by atoms with Crippen LogP contribution in [0.5, 0.6) is 0 Å². The maximum Gasteiger partial charge on any atom is 0.330 e. The third-order valence-electron chi connectivity index (χ3n) is 3.93. The molecule has 0 fully saturated rings. The molecule has 1 aromatic heterocycles. The number of hydrogen-bond acceptors (Lipinski definition) is 3. The van der Waals surface area contributed by atoms with Crippen LogP contribution in [0.1, 0.15) is 23.7 Å². The number of rotatable bonds is 5. The highest BCUT2D eigenvalue weighted by atomic mass is 35.5. The third-order valence-corrected chi connectivity index (χ3v) is 4.52. The Bertz CT molecular complexity index is 993. The van der Waals surface area contributed by atoms with Crippen molar-refractivity contribution >= 4 is 46.2 Å². The summed E-state index contributed by atoms with van der Waals surface area (Å²) in [6, 6.07) is 11.5. The van der Waals surface area contributed by atoms with Crippen LogP contribution in [-0.2, 0) is 16.1 Å². The van der Waals surface area contributed by atoms with Gasteiger partial charge < -0.3 is 4.74 Å². The summed E-state index contributed by atoms with van der Waals surface area (Å²) in [5.41, 5.74) is 3.72. The quantitative estimate of drug-likeness (QED) is 0.441. The van der Waals surface area contributed by atoms with E-state index in [1.165, 1.54) is 6.08 Å². The molecule has 0 N–H and O–H groups in total. The minimum atomic E-state index is -0.386. The van der Waals surface area contributed by atoms with E-state index in [0.29, 0.717) is 28.9 Å². The first-order valence-electron chi connectivity index (χ1n) is 8.24. The van der Waals surface area contributed by atoms with E-state index in [1.54, 1.807) is 25.1 Å². The highest BCUT2D eigenvalue weighted by molar-refractivity contribution is 6.35. The van der Waals surface area contributed by atoms with Gasteiger partial charge in [0.15, 0.2) is 0 Å². The highest BCUT2D eigenvalue weighted by Crippen LogP contribution is 2.25. The van der Waals surface area contributed by atoms with Crippen molar-refractivity contribution in [2.75, 3.05) is 6.61 Å². The lowest BCUT2D eigenvalue weighted by Gasteiger charge is -2.07. The molecule has 0 spiro atoms. The van der Waals surface area contributed by atoms with E-state index in [-0.39, 0.29) is 5.97 Å². The number of aryl methyl sites for hydroxylation is 1. The summed E-state index contributed by atoms with van der Waals surface area (Å²) in [4.78, 5) is 11.6. The van der Waals surface area contributed by atoms with Gasteiger partial charge in [0.2, 0.25) is 0 Å². The van der Waals surface area contributed by atoms with Crippen LogP contribution >= 0.6 is 23.2 Å². The van der Waals surface area contributed by atoms with Crippen molar-refractivity contribution in [1.82, 2.24) is 9.78 Å². The standard InChI is InChI=1S/C20H18Cl2N2O2/c1-3-26-20(25)9-8-18-16-7-4-13(2)10-19(16)24(23-18)12-14-5-6-15(21)11-17(14)22/h4-11H,3,12H2,1-2H3/b9-8+. The van der Waals surface area contributed by atoms with Gasteiger partial charge in [-0.3, -0.25) is 4.68 Å². The van der Waals surface area contributed by atoms with Crippen molar-refractivity contribution in [3.63, 3.8) is 0 Å². The molecule has 134 valence electrons. The van der Waals surface area contributed by atoms with Gasteiger partial charge in [-0.25, -0.2) is 4.79 Å². The van der Waals surface area contributed by atoms with Crippen molar-refractivity contribution in [3.05, 3.63) is 69.3 Å². The molecular weight excluding hydrogens is 371 g/mol. The number of carbonyl (C=O) groups is 1. The van der Waals surface area contributed by atoms with E-state index >= 15 is 0 Å². The third kappa shape index (κ3) is 4.09. The van der Waals surface area contributed by atoms with Gasteiger partial charge in [-0.1, -0.05) is 41.4 Å². The summed E-state index contributed by atoms with van der Waals surface area (Å²) < 4.78 is 6.81. The van der Waals surface area contributed by atoms with Crippen LogP contribution in [0.2, 0.25) is 10.0 Å². The van der Waals surface area contributed by atoms with E-state index < -0.39 is 0 Å². The van der Waals surface area contributed by atoms with Gasteiger partial charge in [-0.05, 0) is 49.2 Å². The van der Waals surface area contributed by atoms with E-state index in [2.05, 4.69) is 11.2 Å². The molecular formula is C20H18Cl2N2O2. The number of esters is 1. The molecule has 0 unspecified atom stereocenters. The predicted octanol–water partition coefficient (Wildman–Crippen LogP) is 5.28. The average Bonchev–Trinajstić information content (AvgIpc) is 2.93. The Kier molecular flexibility index (Phi) is 5.64. The largest absolute Gasteiger partial charge is 0.463 e. The van der Waals surface area contributed by atoms with Crippen LogP contribution in [0.25, 0.3) is 17.0 Å². The SMILES string of the molecule is CCOC(=O)/C=C/c1nn(Cc2ccc(Cl)cc2Cl)c2cc(C)ccc12. The molecule has 0 saturated carbocycles. The number of fused-ring (bicyclic) bond motifs is 1. The van der Waals surface area contributed by atoms with E-state index in [1.807, 2.05) is 29.8 Å². The first-order valence-corrected chi connectivity index (χ1v) is 8.99. The van der Waals surface area contributed by atoms with Crippen LogP contribution in [0.15, 0.2) is 42.5 Å². The number of ether oxygens (including phenoxy) is 1. The van der Waals surface area contributed by atoms with Crippen molar-refractivity contribution in [2.24, 2.45) is 0 Å². The number of carbonyl (C=O) groups excluding carboxylic acids is 1. The van der Waals surface area contributed by atoms with Crippen molar-refractivity contribution in [3.8, 4) is 0 Å². The van der Waals surface area contributed by atoms with E-state index in [0.717, 1.165) is 22.0 Å². The van der Waals surface area contributed by atoms with Crippen molar-refractivity contribution < 1.29 is 9.53 Å². The van der Waals surface area contributed by atoms with Crippen LogP contribution in [0, 0.1) is 6.92 Å². The molecule has 0 bridgehead atoms. The second-order valence-electron chi connectivity index (χ2n) is 5.88. The molecule has 26 heavy (non-hydrogen) atoms. The second kappa shape index (κ2) is 7.94. The lowest BCUT2D eigenvalue weighted by atomic mass is 10.1. The Morgan fingerprint density at radius 2 is 2.04 bits per heavy atom. The highest BCUT2D eigenvalue weighted by Gasteiger charge is 2.11. The first kappa shape index (κ1) is 18.5. The smallest absolute Gasteiger partial charge is 0.330 e. The van der Waals surface area contributed by atoms with Crippen molar-refractivity contribution in [2.45, 2.75) is 20.4 Å². The molecule has 0 atom stereocenters. The van der Waals surface area contributed by atoms with Gasteiger partial charge in [-0.2, -0.15) is 5.10 Å². The Morgan fingerprint density at radius 1 is 1.23 bits per heavy atom. The van der Waals surface area contributed by atoms with Gasteiger partial charge >= 0.3 is 5.97 Å². The molecule has 0 aliphatic heterocycles. The van der Waals surface area contributed by atoms with Gasteiger partial charge in [-0.15, -0.1) is 0 Å².